The molecule has 98 valence electrons. The van der Waals surface area contributed by atoms with Crippen molar-refractivity contribution in [3.05, 3.63) is 47.3 Å². The summed E-state index contributed by atoms with van der Waals surface area (Å²) in [5.74, 6) is 0.469. The van der Waals surface area contributed by atoms with Crippen molar-refractivity contribution in [1.82, 2.24) is 10.2 Å². The van der Waals surface area contributed by atoms with Gasteiger partial charge in [0.2, 0.25) is 0 Å². The minimum Gasteiger partial charge on any atom is -0.346 e. The molecule has 0 radical (unpaired) electrons. The third-order valence-electron chi connectivity index (χ3n) is 3.42. The maximum absolute atomic E-state index is 9.33. The highest BCUT2D eigenvalue weighted by molar-refractivity contribution is 6.52. The van der Waals surface area contributed by atoms with E-state index in [1.54, 1.807) is 25.5 Å². The maximum atomic E-state index is 9.33. The summed E-state index contributed by atoms with van der Waals surface area (Å²) in [6.45, 7) is 0. The summed E-state index contributed by atoms with van der Waals surface area (Å²) < 4.78 is 0. The lowest BCUT2D eigenvalue weighted by Crippen LogP contribution is -2.23. The van der Waals surface area contributed by atoms with Gasteiger partial charge in [0.1, 0.15) is 5.82 Å². The van der Waals surface area contributed by atoms with E-state index in [4.69, 9.17) is 5.41 Å². The Kier molecular flexibility index (Phi) is 2.80. The van der Waals surface area contributed by atoms with Crippen molar-refractivity contribution in [3.8, 4) is 6.07 Å². The minimum absolute atomic E-state index is 0.288. The first-order valence-corrected chi connectivity index (χ1v) is 6.10. The van der Waals surface area contributed by atoms with Crippen LogP contribution in [-0.4, -0.2) is 28.7 Å². The second-order valence-corrected chi connectivity index (χ2v) is 4.45. The number of H-pyrrole nitrogens is 1. The summed E-state index contributed by atoms with van der Waals surface area (Å²) in [7, 11) is 1.66. The molecule has 1 aromatic rings. The molecule has 3 N–H and O–H groups in total. The fourth-order valence-corrected chi connectivity index (χ4v) is 2.45. The molecule has 2 aliphatic rings. The number of hydrogen-bond acceptors (Lipinski definition) is 5. The van der Waals surface area contributed by atoms with E-state index in [1.165, 1.54) is 0 Å². The van der Waals surface area contributed by atoms with Crippen LogP contribution in [0.25, 0.3) is 0 Å². The molecule has 6 nitrogen and oxygen atoms in total. The van der Waals surface area contributed by atoms with Gasteiger partial charge in [-0.05, 0) is 11.6 Å². The first-order chi connectivity index (χ1) is 9.76. The van der Waals surface area contributed by atoms with E-state index < -0.39 is 0 Å². The number of allylic oxidation sites excluding steroid dienone is 5. The molecule has 1 atom stereocenters. The molecule has 0 amide bonds. The zero-order chi connectivity index (χ0) is 14.1. The van der Waals surface area contributed by atoms with Gasteiger partial charge in [-0.2, -0.15) is 10.4 Å². The Balaban J connectivity index is 2.13. The number of aromatic amines is 1. The number of nitriles is 1. The fraction of sp³-hybridized carbons (Fsp3) is 0.143. The molecule has 0 fully saturated rings. The molecular formula is C14H12N6. The summed E-state index contributed by atoms with van der Waals surface area (Å²) >= 11 is 0. The Hall–Kier alpha value is -2.94. The van der Waals surface area contributed by atoms with Gasteiger partial charge in [0.15, 0.2) is 0 Å². The van der Waals surface area contributed by atoms with Gasteiger partial charge < -0.3 is 5.32 Å². The standard InChI is InChI=1S/C14H12N6/c1-17-11-4-2-3-9(13(11)16)12-8(5-15)6-18-14-10(12)7-19-20-14/h2-4,6-7,12,16H,1H3,(H2,18,19,20). The van der Waals surface area contributed by atoms with Gasteiger partial charge in [-0.15, -0.1) is 0 Å². The van der Waals surface area contributed by atoms with Crippen molar-refractivity contribution in [2.24, 2.45) is 4.99 Å². The normalized spacial score (nSPS) is 22.7. The quantitative estimate of drug-likeness (QED) is 0.675. The van der Waals surface area contributed by atoms with Crippen LogP contribution in [-0.2, 0) is 0 Å². The van der Waals surface area contributed by atoms with E-state index in [0.29, 0.717) is 17.0 Å². The lowest BCUT2D eigenvalue weighted by atomic mass is 9.80. The van der Waals surface area contributed by atoms with Gasteiger partial charge in [-0.25, -0.2) is 0 Å². The number of aliphatic imine (C=N–C) groups is 1. The number of rotatable bonds is 1. The lowest BCUT2D eigenvalue weighted by Gasteiger charge is -2.25. The van der Waals surface area contributed by atoms with Crippen LogP contribution in [0.4, 0.5) is 5.82 Å². The highest BCUT2D eigenvalue weighted by Crippen LogP contribution is 2.39. The van der Waals surface area contributed by atoms with E-state index in [0.717, 1.165) is 17.0 Å². The molecule has 1 aromatic heterocycles. The van der Waals surface area contributed by atoms with Gasteiger partial charge in [-0.1, -0.05) is 12.2 Å². The Bertz CT molecular complexity index is 738. The summed E-state index contributed by atoms with van der Waals surface area (Å²) in [5.41, 5.74) is 3.13. The van der Waals surface area contributed by atoms with Crippen LogP contribution < -0.4 is 5.32 Å². The van der Waals surface area contributed by atoms with Crippen molar-refractivity contribution in [1.29, 1.82) is 10.7 Å². The average Bonchev–Trinajstić information content (AvgIpc) is 2.95. The molecule has 2 heterocycles. The van der Waals surface area contributed by atoms with E-state index in [-0.39, 0.29) is 5.92 Å². The van der Waals surface area contributed by atoms with Crippen molar-refractivity contribution in [2.75, 3.05) is 12.4 Å². The van der Waals surface area contributed by atoms with Crippen LogP contribution in [0.15, 0.2) is 46.8 Å². The monoisotopic (exact) mass is 264 g/mol. The third kappa shape index (κ3) is 1.68. The van der Waals surface area contributed by atoms with Gasteiger partial charge in [-0.3, -0.25) is 15.5 Å². The molecule has 0 saturated carbocycles. The van der Waals surface area contributed by atoms with Crippen LogP contribution in [0.5, 0.6) is 0 Å². The number of hydrogen-bond donors (Lipinski definition) is 3. The second kappa shape index (κ2) is 4.63. The summed E-state index contributed by atoms with van der Waals surface area (Å²) in [6, 6.07) is 2.19. The summed E-state index contributed by atoms with van der Waals surface area (Å²) in [6.07, 6.45) is 8.84. The van der Waals surface area contributed by atoms with Crippen molar-refractivity contribution in [2.45, 2.75) is 5.92 Å². The first kappa shape index (κ1) is 12.1. The van der Waals surface area contributed by atoms with Crippen LogP contribution in [0, 0.1) is 16.7 Å². The number of nitrogens with zero attached hydrogens (tertiary/aromatic N) is 3. The van der Waals surface area contributed by atoms with E-state index in [2.05, 4.69) is 26.6 Å². The Morgan fingerprint density at radius 3 is 3.10 bits per heavy atom. The highest BCUT2D eigenvalue weighted by atomic mass is 15.2. The smallest absolute Gasteiger partial charge is 0.129 e. The lowest BCUT2D eigenvalue weighted by molar-refractivity contribution is 0.976. The Morgan fingerprint density at radius 2 is 2.35 bits per heavy atom. The molecule has 0 spiro atoms. The van der Waals surface area contributed by atoms with Gasteiger partial charge in [0, 0.05) is 18.8 Å². The predicted octanol–water partition coefficient (Wildman–Crippen LogP) is 1.91. The SMILES string of the molecule is CN=C1C=CC=C(C2C(C#N)=CNc3[nH]ncc32)C1=N. The van der Waals surface area contributed by atoms with Crippen LogP contribution in [0.2, 0.25) is 0 Å². The zero-order valence-electron chi connectivity index (χ0n) is 10.8. The number of fused-ring (bicyclic) bond motifs is 1. The molecule has 1 aliphatic carbocycles. The van der Waals surface area contributed by atoms with E-state index in [9.17, 15) is 5.26 Å². The fourth-order valence-electron chi connectivity index (χ4n) is 2.45. The molecule has 6 heteroatoms. The van der Waals surface area contributed by atoms with Crippen molar-refractivity contribution >= 4 is 17.2 Å². The summed E-state index contributed by atoms with van der Waals surface area (Å²) in [5, 5.41) is 27.5. The van der Waals surface area contributed by atoms with Crippen LogP contribution in [0.1, 0.15) is 11.5 Å². The Morgan fingerprint density at radius 1 is 1.50 bits per heavy atom. The minimum atomic E-state index is -0.288. The Labute approximate surface area is 115 Å². The molecule has 1 aliphatic heterocycles. The topological polar surface area (TPSA) is 101 Å². The molecular weight excluding hydrogens is 252 g/mol. The van der Waals surface area contributed by atoms with Crippen LogP contribution >= 0.6 is 0 Å². The molecule has 0 saturated heterocycles. The van der Waals surface area contributed by atoms with Gasteiger partial charge >= 0.3 is 0 Å². The molecule has 3 rings (SSSR count). The predicted molar refractivity (Wildman–Crippen MR) is 77.0 cm³/mol. The number of aromatic nitrogens is 2. The van der Waals surface area contributed by atoms with E-state index in [1.807, 2.05) is 12.2 Å². The number of anilines is 1. The third-order valence-corrected chi connectivity index (χ3v) is 3.42. The van der Waals surface area contributed by atoms with Crippen molar-refractivity contribution < 1.29 is 0 Å². The number of nitrogens with one attached hydrogen (secondary N) is 3. The molecule has 20 heavy (non-hydrogen) atoms. The van der Waals surface area contributed by atoms with E-state index >= 15 is 0 Å². The van der Waals surface area contributed by atoms with Crippen molar-refractivity contribution in [3.63, 3.8) is 0 Å². The molecule has 0 bridgehead atoms. The average molecular weight is 264 g/mol. The van der Waals surface area contributed by atoms with Gasteiger partial charge in [0.25, 0.3) is 0 Å². The highest BCUT2D eigenvalue weighted by Gasteiger charge is 2.31. The molecule has 0 aromatic carbocycles. The summed E-state index contributed by atoms with van der Waals surface area (Å²) in [4.78, 5) is 4.09. The second-order valence-electron chi connectivity index (χ2n) is 4.45. The van der Waals surface area contributed by atoms with Gasteiger partial charge in [0.05, 0.1) is 35.2 Å². The van der Waals surface area contributed by atoms with Crippen LogP contribution in [0.3, 0.4) is 0 Å². The zero-order valence-corrected chi connectivity index (χ0v) is 10.8. The first-order valence-electron chi connectivity index (χ1n) is 6.10. The molecule has 1 unspecified atom stereocenters. The maximum Gasteiger partial charge on any atom is 0.129 e. The largest absolute Gasteiger partial charge is 0.346 e.